The van der Waals surface area contributed by atoms with E-state index in [2.05, 4.69) is 20.7 Å². The van der Waals surface area contributed by atoms with E-state index in [0.717, 1.165) is 17.7 Å². The van der Waals surface area contributed by atoms with E-state index in [0.29, 0.717) is 10.7 Å². The van der Waals surface area contributed by atoms with Gasteiger partial charge in [-0.05, 0) is 52.7 Å². The van der Waals surface area contributed by atoms with Crippen LogP contribution in [-0.2, 0) is 10.0 Å². The molecule has 2 rings (SSSR count). The van der Waals surface area contributed by atoms with E-state index < -0.39 is 15.8 Å². The summed E-state index contributed by atoms with van der Waals surface area (Å²) in [6, 6.07) is 6.81. The summed E-state index contributed by atoms with van der Waals surface area (Å²) < 4.78 is 40.3. The van der Waals surface area contributed by atoms with Crippen molar-refractivity contribution >= 4 is 48.9 Å². The molecule has 4 nitrogen and oxygen atoms in total. The molecule has 112 valence electrons. The molecular weight excluding hydrogens is 383 g/mol. The fourth-order valence-electron chi connectivity index (χ4n) is 1.64. The van der Waals surface area contributed by atoms with Gasteiger partial charge in [-0.2, -0.15) is 0 Å². The van der Waals surface area contributed by atoms with Crippen LogP contribution in [0.2, 0.25) is 5.02 Å². The molecule has 2 aromatic rings. The van der Waals surface area contributed by atoms with Gasteiger partial charge in [-0.15, -0.1) is 0 Å². The summed E-state index contributed by atoms with van der Waals surface area (Å²) in [5, 5.41) is 0.434. The summed E-state index contributed by atoms with van der Waals surface area (Å²) in [7, 11) is -3.94. The average Bonchev–Trinajstić information content (AvgIpc) is 2.37. The fourth-order valence-corrected chi connectivity index (χ4v) is 3.51. The van der Waals surface area contributed by atoms with Gasteiger partial charge in [0.15, 0.2) is 0 Å². The van der Waals surface area contributed by atoms with Gasteiger partial charge in [-0.3, -0.25) is 4.72 Å². The normalized spacial score (nSPS) is 11.4. The van der Waals surface area contributed by atoms with Crippen molar-refractivity contribution in [2.45, 2.75) is 11.8 Å². The lowest BCUT2D eigenvalue weighted by Gasteiger charge is -2.11. The third-order valence-corrected chi connectivity index (χ3v) is 5.22. The number of nitrogens with two attached hydrogens (primary N) is 1. The highest BCUT2D eigenvalue weighted by molar-refractivity contribution is 9.10. The van der Waals surface area contributed by atoms with Crippen molar-refractivity contribution in [3.63, 3.8) is 0 Å². The van der Waals surface area contributed by atoms with Gasteiger partial charge < -0.3 is 5.73 Å². The summed E-state index contributed by atoms with van der Waals surface area (Å²) in [6.07, 6.45) is 0. The van der Waals surface area contributed by atoms with Gasteiger partial charge in [0.1, 0.15) is 10.7 Å². The lowest BCUT2D eigenvalue weighted by atomic mass is 10.2. The molecule has 0 saturated heterocycles. The number of halogens is 3. The van der Waals surface area contributed by atoms with Gasteiger partial charge in [-0.1, -0.05) is 17.7 Å². The van der Waals surface area contributed by atoms with Crippen LogP contribution in [0.3, 0.4) is 0 Å². The minimum atomic E-state index is -3.94. The monoisotopic (exact) mass is 392 g/mol. The predicted octanol–water partition coefficient (Wildman–Crippen LogP) is 3.93. The van der Waals surface area contributed by atoms with Gasteiger partial charge in [0.2, 0.25) is 0 Å². The topological polar surface area (TPSA) is 72.2 Å². The van der Waals surface area contributed by atoms with Crippen LogP contribution in [0.25, 0.3) is 0 Å². The summed E-state index contributed by atoms with van der Waals surface area (Å²) in [5.41, 5.74) is 6.52. The van der Waals surface area contributed by atoms with E-state index in [4.69, 9.17) is 17.3 Å². The molecule has 0 atom stereocenters. The maximum atomic E-state index is 13.3. The molecule has 21 heavy (non-hydrogen) atoms. The molecule has 0 aliphatic carbocycles. The predicted molar refractivity (Wildman–Crippen MR) is 85.5 cm³/mol. The zero-order valence-electron chi connectivity index (χ0n) is 10.8. The Labute approximate surface area is 135 Å². The Kier molecular flexibility index (Phi) is 4.46. The minimum Gasteiger partial charge on any atom is -0.398 e. The Hall–Kier alpha value is -1.31. The molecule has 0 heterocycles. The second-order valence-corrected chi connectivity index (χ2v) is 7.29. The summed E-state index contributed by atoms with van der Waals surface area (Å²) in [6.45, 7) is 1.80. The second-order valence-electron chi connectivity index (χ2n) is 4.37. The maximum absolute atomic E-state index is 13.3. The molecule has 2 aromatic carbocycles. The molecule has 0 aliphatic rings. The number of nitrogens with one attached hydrogen (secondary N) is 1. The third-order valence-electron chi connectivity index (χ3n) is 2.77. The molecule has 0 radical (unpaired) electrons. The highest BCUT2D eigenvalue weighted by atomic mass is 79.9. The standard InChI is InChI=1S/C13H11BrClFN2O2S/c1-7-2-3-8(4-10(7)15)18-21(19,20)13-5-9(14)11(16)6-12(13)17/h2-6,18H,17H2,1H3. The Morgan fingerprint density at radius 3 is 2.57 bits per heavy atom. The van der Waals surface area contributed by atoms with Crippen molar-refractivity contribution in [3.05, 3.63) is 51.2 Å². The van der Waals surface area contributed by atoms with Gasteiger partial charge in [0.05, 0.1) is 15.8 Å². The van der Waals surface area contributed by atoms with Crippen LogP contribution in [0.15, 0.2) is 39.7 Å². The number of hydrogen-bond donors (Lipinski definition) is 2. The van der Waals surface area contributed by atoms with E-state index >= 15 is 0 Å². The quantitative estimate of drug-likeness (QED) is 0.776. The smallest absolute Gasteiger partial charge is 0.263 e. The largest absolute Gasteiger partial charge is 0.398 e. The molecule has 0 aliphatic heterocycles. The summed E-state index contributed by atoms with van der Waals surface area (Å²) in [5.74, 6) is -0.634. The highest BCUT2D eigenvalue weighted by Gasteiger charge is 2.20. The fraction of sp³-hybridized carbons (Fsp3) is 0.0769. The van der Waals surface area contributed by atoms with Gasteiger partial charge >= 0.3 is 0 Å². The Bertz CT molecular complexity index is 812. The summed E-state index contributed by atoms with van der Waals surface area (Å²) >= 11 is 8.88. The van der Waals surface area contributed by atoms with E-state index in [1.54, 1.807) is 19.1 Å². The first-order chi connectivity index (χ1) is 9.70. The minimum absolute atomic E-state index is 0.0130. The van der Waals surface area contributed by atoms with Crippen molar-refractivity contribution in [2.24, 2.45) is 0 Å². The molecule has 8 heteroatoms. The highest BCUT2D eigenvalue weighted by Crippen LogP contribution is 2.28. The summed E-state index contributed by atoms with van der Waals surface area (Å²) in [4.78, 5) is -0.215. The van der Waals surface area contributed by atoms with Crippen molar-refractivity contribution in [2.75, 3.05) is 10.5 Å². The van der Waals surface area contributed by atoms with Crippen molar-refractivity contribution < 1.29 is 12.8 Å². The third kappa shape index (κ3) is 3.48. The molecule has 3 N–H and O–H groups in total. The van der Waals surface area contributed by atoms with Gasteiger partial charge in [-0.25, -0.2) is 12.8 Å². The number of benzene rings is 2. The van der Waals surface area contributed by atoms with Crippen LogP contribution < -0.4 is 10.5 Å². The Morgan fingerprint density at radius 2 is 1.95 bits per heavy atom. The Balaban J connectivity index is 2.43. The van der Waals surface area contributed by atoms with Crippen LogP contribution >= 0.6 is 27.5 Å². The van der Waals surface area contributed by atoms with Gasteiger partial charge in [0, 0.05) is 5.02 Å². The number of anilines is 2. The average molecular weight is 394 g/mol. The van der Waals surface area contributed by atoms with E-state index in [9.17, 15) is 12.8 Å². The Morgan fingerprint density at radius 1 is 1.29 bits per heavy atom. The molecule has 0 unspecified atom stereocenters. The first kappa shape index (κ1) is 16.1. The number of sulfonamides is 1. The van der Waals surface area contributed by atoms with Crippen LogP contribution in [0, 0.1) is 12.7 Å². The van der Waals surface area contributed by atoms with Gasteiger partial charge in [0.25, 0.3) is 10.0 Å². The SMILES string of the molecule is Cc1ccc(NS(=O)(=O)c2cc(Br)c(F)cc2N)cc1Cl. The number of rotatable bonds is 3. The van der Waals surface area contributed by atoms with E-state index in [-0.39, 0.29) is 15.1 Å². The molecule has 0 aromatic heterocycles. The first-order valence-corrected chi connectivity index (χ1v) is 8.39. The van der Waals surface area contributed by atoms with Crippen LogP contribution in [0.5, 0.6) is 0 Å². The molecule has 0 spiro atoms. The molecule has 0 saturated carbocycles. The number of hydrogen-bond acceptors (Lipinski definition) is 3. The van der Waals surface area contributed by atoms with Crippen molar-refractivity contribution in [3.8, 4) is 0 Å². The number of nitrogen functional groups attached to an aromatic ring is 1. The van der Waals surface area contributed by atoms with Crippen LogP contribution in [0.4, 0.5) is 15.8 Å². The van der Waals surface area contributed by atoms with Crippen LogP contribution in [0.1, 0.15) is 5.56 Å². The zero-order chi connectivity index (χ0) is 15.8. The lowest BCUT2D eigenvalue weighted by molar-refractivity contribution is 0.599. The maximum Gasteiger partial charge on any atom is 0.263 e. The second kappa shape index (κ2) is 5.82. The molecule has 0 fully saturated rings. The van der Waals surface area contributed by atoms with Crippen molar-refractivity contribution in [1.82, 2.24) is 0 Å². The molecule has 0 amide bonds. The molecule has 0 bridgehead atoms. The van der Waals surface area contributed by atoms with Crippen LogP contribution in [-0.4, -0.2) is 8.42 Å². The molecular formula is C13H11BrClFN2O2S. The van der Waals surface area contributed by atoms with Crippen molar-refractivity contribution in [1.29, 1.82) is 0 Å². The van der Waals surface area contributed by atoms with E-state index in [1.165, 1.54) is 6.07 Å². The first-order valence-electron chi connectivity index (χ1n) is 5.74. The lowest BCUT2D eigenvalue weighted by Crippen LogP contribution is -2.15. The number of aryl methyl sites for hydroxylation is 1. The zero-order valence-corrected chi connectivity index (χ0v) is 14.0. The van der Waals surface area contributed by atoms with E-state index in [1.807, 2.05) is 0 Å².